The third-order valence-electron chi connectivity index (χ3n) is 2.78. The second-order valence-corrected chi connectivity index (χ2v) is 8.59. The van der Waals surface area contributed by atoms with Gasteiger partial charge in [-0.25, -0.2) is 4.79 Å². The van der Waals surface area contributed by atoms with Crippen molar-refractivity contribution in [3.63, 3.8) is 0 Å². The minimum Gasteiger partial charge on any atom is -0.462 e. The number of esters is 1. The van der Waals surface area contributed by atoms with Crippen LogP contribution in [-0.2, 0) is 9.53 Å². The van der Waals surface area contributed by atoms with Gasteiger partial charge in [-0.15, -0.1) is 5.73 Å². The van der Waals surface area contributed by atoms with Crippen LogP contribution in [0.15, 0.2) is 47.8 Å². The summed E-state index contributed by atoms with van der Waals surface area (Å²) in [7, 11) is -2.04. The number of carbonyl (C=O) groups excluding carboxylic acids is 1. The van der Waals surface area contributed by atoms with E-state index in [1.165, 1.54) is 5.19 Å². The summed E-state index contributed by atoms with van der Waals surface area (Å²) in [6.45, 7) is 10.0. The average Bonchev–Trinajstić information content (AvgIpc) is 2.31. The maximum absolute atomic E-state index is 11.9. The van der Waals surface area contributed by atoms with Gasteiger partial charge in [0.2, 0.25) is 0 Å². The summed E-state index contributed by atoms with van der Waals surface area (Å²) in [6.07, 6.45) is 0. The van der Waals surface area contributed by atoms with Crippen LogP contribution in [0.4, 0.5) is 0 Å². The summed E-state index contributed by atoms with van der Waals surface area (Å²) < 4.78 is 5.06. The minimum atomic E-state index is -2.04. The summed E-state index contributed by atoms with van der Waals surface area (Å²) >= 11 is 0. The Bertz CT molecular complexity index is 443. The Morgan fingerprint density at radius 2 is 1.94 bits per heavy atom. The Hall–Kier alpha value is -1.57. The molecule has 0 saturated carbocycles. The van der Waals surface area contributed by atoms with E-state index in [1.54, 1.807) is 6.92 Å². The fourth-order valence-corrected chi connectivity index (χ4v) is 4.09. The van der Waals surface area contributed by atoms with Crippen LogP contribution in [0.5, 0.6) is 0 Å². The fraction of sp³-hybridized carbons (Fsp3) is 0.286. The molecular formula is C14H18O2Si. The molecule has 0 atom stereocenters. The molecule has 1 aromatic carbocycles. The maximum atomic E-state index is 11.9. The summed E-state index contributed by atoms with van der Waals surface area (Å²) in [6, 6.07) is 10.0. The first-order valence-electron chi connectivity index (χ1n) is 5.67. The zero-order valence-electron chi connectivity index (χ0n) is 10.6. The molecule has 0 aliphatic rings. The SMILES string of the molecule is C=C=C(C(=O)OCC)[Si](C)(C)c1ccccc1. The van der Waals surface area contributed by atoms with Crippen molar-refractivity contribution in [2.75, 3.05) is 6.61 Å². The van der Waals surface area contributed by atoms with Crippen molar-refractivity contribution < 1.29 is 9.53 Å². The number of hydrogen-bond acceptors (Lipinski definition) is 2. The molecule has 0 aromatic heterocycles. The quantitative estimate of drug-likeness (QED) is 0.353. The first-order valence-corrected chi connectivity index (χ1v) is 8.67. The number of ether oxygens (including phenoxy) is 1. The first-order chi connectivity index (χ1) is 8.04. The largest absolute Gasteiger partial charge is 0.462 e. The molecule has 0 saturated heterocycles. The van der Waals surface area contributed by atoms with Crippen LogP contribution >= 0.6 is 0 Å². The minimum absolute atomic E-state index is 0.289. The van der Waals surface area contributed by atoms with Gasteiger partial charge in [0.15, 0.2) is 0 Å². The molecule has 0 spiro atoms. The molecule has 0 amide bonds. The molecule has 0 bridgehead atoms. The zero-order valence-corrected chi connectivity index (χ0v) is 11.6. The van der Waals surface area contributed by atoms with E-state index in [2.05, 4.69) is 25.4 Å². The van der Waals surface area contributed by atoms with Crippen molar-refractivity contribution in [3.05, 3.63) is 47.8 Å². The number of carbonyl (C=O) groups is 1. The van der Waals surface area contributed by atoms with Crippen LogP contribution in [0.2, 0.25) is 13.1 Å². The van der Waals surface area contributed by atoms with Gasteiger partial charge >= 0.3 is 5.97 Å². The van der Waals surface area contributed by atoms with Crippen LogP contribution in [0.3, 0.4) is 0 Å². The molecule has 0 N–H and O–H groups in total. The van der Waals surface area contributed by atoms with E-state index >= 15 is 0 Å². The van der Waals surface area contributed by atoms with Gasteiger partial charge in [0.05, 0.1) is 11.8 Å². The smallest absolute Gasteiger partial charge is 0.337 e. The van der Waals surface area contributed by atoms with Crippen LogP contribution < -0.4 is 5.19 Å². The van der Waals surface area contributed by atoms with Gasteiger partial charge in [0.25, 0.3) is 0 Å². The Labute approximate surface area is 104 Å². The number of rotatable bonds is 4. The Morgan fingerprint density at radius 3 is 2.41 bits per heavy atom. The van der Waals surface area contributed by atoms with E-state index in [4.69, 9.17) is 4.74 Å². The molecule has 1 rings (SSSR count). The lowest BCUT2D eigenvalue weighted by Crippen LogP contribution is -2.46. The van der Waals surface area contributed by atoms with Gasteiger partial charge in [-0.3, -0.25) is 0 Å². The van der Waals surface area contributed by atoms with Crippen molar-refractivity contribution in [1.82, 2.24) is 0 Å². The maximum Gasteiger partial charge on any atom is 0.337 e. The Balaban J connectivity index is 3.12. The number of benzene rings is 1. The third-order valence-corrected chi connectivity index (χ3v) is 6.18. The van der Waals surface area contributed by atoms with E-state index in [1.807, 2.05) is 30.3 Å². The standard InChI is InChI=1S/C14H18O2Si/c1-5-13(14(15)16-6-2)17(3,4)12-10-8-7-9-11-12/h7-11H,1,6H2,2-4H3. The lowest BCUT2D eigenvalue weighted by Gasteiger charge is -2.23. The summed E-state index contributed by atoms with van der Waals surface area (Å²) in [5.41, 5.74) is 2.78. The van der Waals surface area contributed by atoms with Crippen LogP contribution in [-0.4, -0.2) is 20.7 Å². The first kappa shape index (κ1) is 13.5. The van der Waals surface area contributed by atoms with Crippen molar-refractivity contribution in [2.45, 2.75) is 20.0 Å². The highest BCUT2D eigenvalue weighted by Crippen LogP contribution is 2.15. The molecule has 0 aliphatic heterocycles. The molecule has 0 fully saturated rings. The third kappa shape index (κ3) is 2.96. The second kappa shape index (κ2) is 5.67. The predicted molar refractivity (Wildman–Crippen MR) is 72.8 cm³/mol. The van der Waals surface area contributed by atoms with Crippen molar-refractivity contribution in [2.24, 2.45) is 0 Å². The normalized spacial score (nSPS) is 10.5. The van der Waals surface area contributed by atoms with E-state index in [-0.39, 0.29) is 5.97 Å². The lowest BCUT2D eigenvalue weighted by molar-refractivity contribution is -0.137. The molecule has 3 heteroatoms. The van der Waals surface area contributed by atoms with Crippen molar-refractivity contribution in [3.8, 4) is 0 Å². The average molecular weight is 246 g/mol. The lowest BCUT2D eigenvalue weighted by atomic mass is 10.4. The number of hydrogen-bond donors (Lipinski definition) is 0. The molecule has 1 aromatic rings. The van der Waals surface area contributed by atoms with Crippen molar-refractivity contribution in [1.29, 1.82) is 0 Å². The van der Waals surface area contributed by atoms with Crippen LogP contribution in [0.1, 0.15) is 6.92 Å². The highest BCUT2D eigenvalue weighted by molar-refractivity contribution is 6.98. The fourth-order valence-electron chi connectivity index (χ4n) is 1.75. The van der Waals surface area contributed by atoms with Gasteiger partial charge in [-0.2, -0.15) is 0 Å². The molecule has 2 nitrogen and oxygen atoms in total. The predicted octanol–water partition coefficient (Wildman–Crippen LogP) is 2.42. The zero-order chi connectivity index (χ0) is 12.9. The summed E-state index contributed by atoms with van der Waals surface area (Å²) in [5, 5.41) is 1.78. The second-order valence-electron chi connectivity index (χ2n) is 4.26. The van der Waals surface area contributed by atoms with Gasteiger partial charge in [-0.05, 0) is 6.92 Å². The Morgan fingerprint density at radius 1 is 1.35 bits per heavy atom. The molecular weight excluding hydrogens is 228 g/mol. The topological polar surface area (TPSA) is 26.3 Å². The van der Waals surface area contributed by atoms with E-state index in [0.29, 0.717) is 11.8 Å². The molecule has 17 heavy (non-hydrogen) atoms. The highest BCUT2D eigenvalue weighted by Gasteiger charge is 2.33. The molecule has 0 radical (unpaired) electrons. The van der Waals surface area contributed by atoms with Crippen molar-refractivity contribution >= 4 is 19.2 Å². The van der Waals surface area contributed by atoms with Crippen LogP contribution in [0, 0.1) is 0 Å². The Kier molecular flexibility index (Phi) is 4.50. The van der Waals surface area contributed by atoms with Gasteiger partial charge in [-0.1, -0.05) is 55.2 Å². The van der Waals surface area contributed by atoms with E-state index < -0.39 is 8.07 Å². The van der Waals surface area contributed by atoms with E-state index in [0.717, 1.165) is 0 Å². The van der Waals surface area contributed by atoms with Gasteiger partial charge in [0, 0.05) is 0 Å². The summed E-state index contributed by atoms with van der Waals surface area (Å²) in [4.78, 5) is 11.9. The van der Waals surface area contributed by atoms with Crippen LogP contribution in [0.25, 0.3) is 0 Å². The molecule has 0 aliphatic carbocycles. The monoisotopic (exact) mass is 246 g/mol. The van der Waals surface area contributed by atoms with Gasteiger partial charge in [0.1, 0.15) is 8.07 Å². The molecule has 90 valence electrons. The molecule has 0 unspecified atom stereocenters. The molecule has 0 heterocycles. The highest BCUT2D eigenvalue weighted by atomic mass is 28.3. The van der Waals surface area contributed by atoms with E-state index in [9.17, 15) is 4.79 Å². The van der Waals surface area contributed by atoms with Gasteiger partial charge < -0.3 is 4.74 Å². The summed E-state index contributed by atoms with van der Waals surface area (Å²) in [5.74, 6) is -0.289.